The molecule has 0 rings (SSSR count). The zero-order valence-corrected chi connectivity index (χ0v) is 6.00. The molecule has 1 unspecified atom stereocenters. The van der Waals surface area contributed by atoms with Crippen molar-refractivity contribution in [3.05, 3.63) is 0 Å². The van der Waals surface area contributed by atoms with Crippen LogP contribution in [0.1, 0.15) is 6.92 Å². The second kappa shape index (κ2) is 2.71. The van der Waals surface area contributed by atoms with Crippen LogP contribution in [0.4, 0.5) is 0 Å². The fourth-order valence-electron chi connectivity index (χ4n) is 0.231. The van der Waals surface area contributed by atoms with Gasteiger partial charge in [-0.1, -0.05) is 0 Å². The van der Waals surface area contributed by atoms with Crippen LogP contribution in [0, 0.1) is 0 Å². The van der Waals surface area contributed by atoms with Gasteiger partial charge in [0.1, 0.15) is 0 Å². The molecule has 0 aliphatic rings. The van der Waals surface area contributed by atoms with Crippen LogP contribution in [0.2, 0.25) is 0 Å². The van der Waals surface area contributed by atoms with Crippen LogP contribution in [0.3, 0.4) is 0 Å². The molecule has 1 atom stereocenters. The van der Waals surface area contributed by atoms with E-state index in [1.807, 2.05) is 0 Å². The molecule has 0 amide bonds. The van der Waals surface area contributed by atoms with Crippen molar-refractivity contribution in [2.75, 3.05) is 13.3 Å². The van der Waals surface area contributed by atoms with E-state index in [2.05, 4.69) is 4.52 Å². The third-order valence-corrected chi connectivity index (χ3v) is 1.37. The monoisotopic (exact) mass is 142 g/mol. The highest BCUT2D eigenvalue weighted by atomic mass is 35.7. The summed E-state index contributed by atoms with van der Waals surface area (Å²) in [5.74, 6) is 0. The number of rotatable bonds is 2. The second-order valence-corrected chi connectivity index (χ2v) is 4.76. The summed E-state index contributed by atoms with van der Waals surface area (Å²) in [7, 11) is 0. The molecule has 0 spiro atoms. The van der Waals surface area contributed by atoms with Gasteiger partial charge in [-0.25, -0.2) is 0 Å². The maximum absolute atomic E-state index is 10.4. The van der Waals surface area contributed by atoms with Crippen LogP contribution in [0.5, 0.6) is 0 Å². The molecule has 0 radical (unpaired) electrons. The summed E-state index contributed by atoms with van der Waals surface area (Å²) in [5, 5.41) is 0. The minimum atomic E-state index is -2.69. The standard InChI is InChI=1S/C3H8ClO2P/c1-3-6-7(2,4)5/h3H2,1-2H3. The van der Waals surface area contributed by atoms with Gasteiger partial charge in [0, 0.05) is 6.66 Å². The van der Waals surface area contributed by atoms with Crippen molar-refractivity contribution in [2.24, 2.45) is 0 Å². The average Bonchev–Trinajstić information content (AvgIpc) is 1.30. The second-order valence-electron chi connectivity index (χ2n) is 1.16. The maximum atomic E-state index is 10.4. The normalized spacial score (nSPS) is 18.7. The molecule has 0 aromatic carbocycles. The van der Waals surface area contributed by atoms with Gasteiger partial charge in [0.05, 0.1) is 6.61 Å². The lowest BCUT2D eigenvalue weighted by Crippen LogP contribution is -1.78. The third-order valence-electron chi connectivity index (χ3n) is 0.360. The van der Waals surface area contributed by atoms with Gasteiger partial charge in [-0.2, -0.15) is 0 Å². The van der Waals surface area contributed by atoms with Crippen LogP contribution in [-0.4, -0.2) is 13.3 Å². The predicted molar refractivity (Wildman–Crippen MR) is 31.0 cm³/mol. The number of hydrogen-bond acceptors (Lipinski definition) is 2. The minimum absolute atomic E-state index is 0.414. The lowest BCUT2D eigenvalue weighted by molar-refractivity contribution is 0.349. The minimum Gasteiger partial charge on any atom is -0.318 e. The Balaban J connectivity index is 3.36. The van der Waals surface area contributed by atoms with Crippen molar-refractivity contribution in [1.29, 1.82) is 0 Å². The summed E-state index contributed by atoms with van der Waals surface area (Å²) in [6, 6.07) is 0. The molecule has 0 saturated carbocycles. The summed E-state index contributed by atoms with van der Waals surface area (Å²) in [5.41, 5.74) is 0. The molecular formula is C3H8ClO2P. The van der Waals surface area contributed by atoms with Gasteiger partial charge in [-0.05, 0) is 18.2 Å². The molecule has 0 N–H and O–H groups in total. The van der Waals surface area contributed by atoms with E-state index >= 15 is 0 Å². The van der Waals surface area contributed by atoms with Gasteiger partial charge in [-0.15, -0.1) is 0 Å². The molecule has 0 aromatic rings. The molecule has 0 heterocycles. The highest BCUT2D eigenvalue weighted by Crippen LogP contribution is 2.47. The lowest BCUT2D eigenvalue weighted by atomic mass is 10.9. The Labute approximate surface area is 48.1 Å². The van der Waals surface area contributed by atoms with E-state index in [0.29, 0.717) is 6.61 Å². The Morgan fingerprint density at radius 3 is 2.29 bits per heavy atom. The average molecular weight is 143 g/mol. The summed E-state index contributed by atoms with van der Waals surface area (Å²) in [6.07, 6.45) is 0. The predicted octanol–water partition coefficient (Wildman–Crippen LogP) is 2.08. The molecule has 0 bridgehead atoms. The summed E-state index contributed by atoms with van der Waals surface area (Å²) in [6.45, 7) is 0.842. The van der Waals surface area contributed by atoms with Crippen molar-refractivity contribution in [1.82, 2.24) is 0 Å². The van der Waals surface area contributed by atoms with Crippen LogP contribution >= 0.6 is 18.0 Å². The van der Waals surface area contributed by atoms with Gasteiger partial charge in [0.2, 0.25) is 0 Å². The Kier molecular flexibility index (Phi) is 2.89. The van der Waals surface area contributed by atoms with Crippen molar-refractivity contribution in [3.8, 4) is 0 Å². The largest absolute Gasteiger partial charge is 0.318 e. The van der Waals surface area contributed by atoms with E-state index in [1.54, 1.807) is 6.92 Å². The SMILES string of the molecule is CCOP(C)(=O)Cl. The molecule has 7 heavy (non-hydrogen) atoms. The molecule has 0 aliphatic carbocycles. The lowest BCUT2D eigenvalue weighted by Gasteiger charge is -1.99. The first-order valence-electron chi connectivity index (χ1n) is 1.98. The first-order valence-corrected chi connectivity index (χ1v) is 4.95. The molecule has 4 heteroatoms. The zero-order valence-electron chi connectivity index (χ0n) is 4.35. The van der Waals surface area contributed by atoms with E-state index in [1.165, 1.54) is 6.66 Å². The highest BCUT2D eigenvalue weighted by Gasteiger charge is 2.06. The van der Waals surface area contributed by atoms with Crippen LogP contribution in [0.15, 0.2) is 0 Å². The summed E-state index contributed by atoms with van der Waals surface area (Å²) in [4.78, 5) is 0. The first-order chi connectivity index (χ1) is 3.06. The molecule has 0 aromatic heterocycles. The molecular weight excluding hydrogens is 134 g/mol. The Morgan fingerprint density at radius 2 is 2.29 bits per heavy atom. The molecule has 0 fully saturated rings. The Bertz CT molecular complexity index is 86.9. The molecule has 0 saturated heterocycles. The fourth-order valence-corrected chi connectivity index (χ4v) is 0.985. The van der Waals surface area contributed by atoms with E-state index in [-0.39, 0.29) is 0 Å². The molecule has 0 aliphatic heterocycles. The smallest absolute Gasteiger partial charge is 0.287 e. The number of hydrogen-bond donors (Lipinski definition) is 0. The van der Waals surface area contributed by atoms with Crippen LogP contribution in [0.25, 0.3) is 0 Å². The van der Waals surface area contributed by atoms with E-state index in [9.17, 15) is 4.57 Å². The quantitative estimate of drug-likeness (QED) is 0.552. The maximum Gasteiger partial charge on any atom is 0.287 e. The van der Waals surface area contributed by atoms with E-state index < -0.39 is 6.72 Å². The molecule has 2 nitrogen and oxygen atoms in total. The van der Waals surface area contributed by atoms with Crippen LogP contribution < -0.4 is 0 Å². The Hall–Kier alpha value is 0.480. The van der Waals surface area contributed by atoms with Gasteiger partial charge >= 0.3 is 0 Å². The fraction of sp³-hybridized carbons (Fsp3) is 1.00. The van der Waals surface area contributed by atoms with Gasteiger partial charge in [0.15, 0.2) is 0 Å². The van der Waals surface area contributed by atoms with Crippen molar-refractivity contribution < 1.29 is 9.09 Å². The van der Waals surface area contributed by atoms with E-state index in [0.717, 1.165) is 0 Å². The zero-order chi connectivity index (χ0) is 5.91. The van der Waals surface area contributed by atoms with Crippen molar-refractivity contribution >= 4 is 18.0 Å². The van der Waals surface area contributed by atoms with Crippen molar-refractivity contribution in [2.45, 2.75) is 6.92 Å². The summed E-state index contributed by atoms with van der Waals surface area (Å²) >= 11 is 5.17. The number of halogens is 1. The van der Waals surface area contributed by atoms with Gasteiger partial charge in [0.25, 0.3) is 6.72 Å². The van der Waals surface area contributed by atoms with Gasteiger partial charge in [-0.3, -0.25) is 4.57 Å². The van der Waals surface area contributed by atoms with E-state index in [4.69, 9.17) is 11.2 Å². The third kappa shape index (κ3) is 6.48. The first kappa shape index (κ1) is 7.48. The van der Waals surface area contributed by atoms with Crippen LogP contribution in [-0.2, 0) is 9.09 Å². The summed E-state index contributed by atoms with van der Waals surface area (Å²) < 4.78 is 14.9. The van der Waals surface area contributed by atoms with Gasteiger partial charge < -0.3 is 4.52 Å². The Morgan fingerprint density at radius 1 is 1.86 bits per heavy atom. The highest BCUT2D eigenvalue weighted by molar-refractivity contribution is 7.84. The molecule has 44 valence electrons. The van der Waals surface area contributed by atoms with Crippen molar-refractivity contribution in [3.63, 3.8) is 0 Å². The topological polar surface area (TPSA) is 26.3 Å².